The van der Waals surface area contributed by atoms with Crippen molar-refractivity contribution in [3.63, 3.8) is 0 Å². The number of hydrogen-bond acceptors (Lipinski definition) is 5. The van der Waals surface area contributed by atoms with Crippen molar-refractivity contribution in [2.24, 2.45) is 0 Å². The van der Waals surface area contributed by atoms with E-state index in [1.54, 1.807) is 19.0 Å². The average Bonchev–Trinajstić information content (AvgIpc) is 2.22. The first kappa shape index (κ1) is 15.9. The Bertz CT molecular complexity index is 386. The Hall–Kier alpha value is -1.13. The Balaban J connectivity index is 3.99. The first-order chi connectivity index (χ1) is 7.76. The molecule has 0 radical (unpaired) electrons. The molecule has 0 rings (SSSR count). The van der Waals surface area contributed by atoms with E-state index in [-0.39, 0.29) is 18.2 Å². The fourth-order valence-corrected chi connectivity index (χ4v) is 1.74. The molecule has 17 heavy (non-hydrogen) atoms. The summed E-state index contributed by atoms with van der Waals surface area (Å²) >= 11 is 0. The van der Waals surface area contributed by atoms with Crippen molar-refractivity contribution in [1.29, 1.82) is 5.26 Å². The smallest absolute Gasteiger partial charge is 0.236 e. The number of sulfone groups is 1. The molecule has 0 spiro atoms. The lowest BCUT2D eigenvalue weighted by molar-refractivity contribution is -0.130. The predicted octanol–water partition coefficient (Wildman–Crippen LogP) is -0.665. The second-order valence-corrected chi connectivity index (χ2v) is 6.35. The summed E-state index contributed by atoms with van der Waals surface area (Å²) in [6.07, 6.45) is 1.47. The van der Waals surface area contributed by atoms with Gasteiger partial charge in [0.1, 0.15) is 9.84 Å². The Morgan fingerprint density at radius 1 is 1.29 bits per heavy atom. The first-order valence-electron chi connectivity index (χ1n) is 5.23. The molecule has 6 nitrogen and oxygen atoms in total. The highest BCUT2D eigenvalue weighted by molar-refractivity contribution is 7.90. The zero-order chi connectivity index (χ0) is 13.5. The van der Waals surface area contributed by atoms with E-state index in [1.807, 2.05) is 6.07 Å². The molecule has 0 heterocycles. The van der Waals surface area contributed by atoms with Crippen LogP contribution in [0.5, 0.6) is 0 Å². The van der Waals surface area contributed by atoms with Crippen molar-refractivity contribution >= 4 is 15.7 Å². The van der Waals surface area contributed by atoms with E-state index < -0.39 is 9.84 Å². The van der Waals surface area contributed by atoms with Crippen LogP contribution in [-0.4, -0.2) is 69.9 Å². The Morgan fingerprint density at radius 3 is 2.35 bits per heavy atom. The second kappa shape index (κ2) is 7.25. The van der Waals surface area contributed by atoms with Crippen molar-refractivity contribution in [3.8, 4) is 6.07 Å². The second-order valence-electron chi connectivity index (χ2n) is 4.09. The molecule has 0 unspecified atom stereocenters. The van der Waals surface area contributed by atoms with E-state index in [1.165, 1.54) is 11.2 Å². The fourth-order valence-electron chi connectivity index (χ4n) is 1.09. The van der Waals surface area contributed by atoms with Crippen LogP contribution >= 0.6 is 0 Å². The molecular formula is C10H19N3O3S. The minimum absolute atomic E-state index is 0.0404. The van der Waals surface area contributed by atoms with Crippen LogP contribution in [0, 0.1) is 11.3 Å². The molecule has 0 saturated heterocycles. The number of carbonyl (C=O) groups is 1. The van der Waals surface area contributed by atoms with Gasteiger partial charge in [-0.25, -0.2) is 8.42 Å². The van der Waals surface area contributed by atoms with Gasteiger partial charge >= 0.3 is 0 Å². The number of rotatable bonds is 7. The maximum absolute atomic E-state index is 11.6. The van der Waals surface area contributed by atoms with Crippen LogP contribution < -0.4 is 0 Å². The van der Waals surface area contributed by atoms with Crippen LogP contribution in [0.4, 0.5) is 0 Å². The largest absolute Gasteiger partial charge is 0.344 e. The highest BCUT2D eigenvalue weighted by Crippen LogP contribution is 1.93. The van der Waals surface area contributed by atoms with Gasteiger partial charge in [-0.1, -0.05) is 0 Å². The van der Waals surface area contributed by atoms with Gasteiger partial charge in [0.2, 0.25) is 5.91 Å². The van der Waals surface area contributed by atoms with E-state index in [9.17, 15) is 13.2 Å². The Morgan fingerprint density at radius 2 is 1.88 bits per heavy atom. The molecule has 0 fully saturated rings. The van der Waals surface area contributed by atoms with Gasteiger partial charge in [-0.2, -0.15) is 5.26 Å². The lowest BCUT2D eigenvalue weighted by Crippen LogP contribution is -2.38. The van der Waals surface area contributed by atoms with Crippen molar-refractivity contribution in [1.82, 2.24) is 9.80 Å². The number of carbonyl (C=O) groups excluding carboxylic acids is 1. The third-order valence-corrected chi connectivity index (χ3v) is 3.16. The van der Waals surface area contributed by atoms with E-state index in [4.69, 9.17) is 5.26 Å². The minimum atomic E-state index is -3.00. The van der Waals surface area contributed by atoms with E-state index in [0.717, 1.165) is 0 Å². The molecule has 0 aliphatic rings. The molecular weight excluding hydrogens is 242 g/mol. The summed E-state index contributed by atoms with van der Waals surface area (Å²) in [6.45, 7) is 0.892. The monoisotopic (exact) mass is 261 g/mol. The van der Waals surface area contributed by atoms with Crippen molar-refractivity contribution < 1.29 is 13.2 Å². The van der Waals surface area contributed by atoms with Crippen molar-refractivity contribution in [3.05, 3.63) is 0 Å². The van der Waals surface area contributed by atoms with Crippen LogP contribution in [0.1, 0.15) is 6.42 Å². The summed E-state index contributed by atoms with van der Waals surface area (Å²) in [5.41, 5.74) is 0. The van der Waals surface area contributed by atoms with Crippen LogP contribution in [0.2, 0.25) is 0 Å². The van der Waals surface area contributed by atoms with E-state index >= 15 is 0 Å². The summed E-state index contributed by atoms with van der Waals surface area (Å²) in [4.78, 5) is 14.7. The number of hydrogen-bond donors (Lipinski definition) is 0. The molecule has 0 N–H and O–H groups in total. The molecule has 0 saturated carbocycles. The topological polar surface area (TPSA) is 81.5 Å². The predicted molar refractivity (Wildman–Crippen MR) is 65.1 cm³/mol. The SMILES string of the molecule is CN(CCS(C)(=O)=O)CC(=O)N(C)CCC#N. The summed E-state index contributed by atoms with van der Waals surface area (Å²) in [5.74, 6) is -0.0742. The van der Waals surface area contributed by atoms with Gasteiger partial charge in [-0.15, -0.1) is 0 Å². The highest BCUT2D eigenvalue weighted by Gasteiger charge is 2.12. The first-order valence-corrected chi connectivity index (χ1v) is 7.29. The molecule has 98 valence electrons. The fraction of sp³-hybridized carbons (Fsp3) is 0.800. The lowest BCUT2D eigenvalue weighted by atomic mass is 10.4. The third-order valence-electron chi connectivity index (χ3n) is 2.23. The van der Waals surface area contributed by atoms with Gasteiger partial charge < -0.3 is 4.90 Å². The maximum atomic E-state index is 11.6. The normalized spacial score (nSPS) is 11.2. The molecule has 1 amide bonds. The van der Waals surface area contributed by atoms with Gasteiger partial charge in [0.15, 0.2) is 0 Å². The van der Waals surface area contributed by atoms with E-state index in [0.29, 0.717) is 19.5 Å². The van der Waals surface area contributed by atoms with Gasteiger partial charge in [0.05, 0.1) is 24.8 Å². The molecule has 0 aromatic carbocycles. The molecule has 0 aromatic heterocycles. The zero-order valence-electron chi connectivity index (χ0n) is 10.5. The van der Waals surface area contributed by atoms with E-state index in [2.05, 4.69) is 0 Å². The zero-order valence-corrected chi connectivity index (χ0v) is 11.3. The Labute approximate surface area is 103 Å². The lowest BCUT2D eigenvalue weighted by Gasteiger charge is -2.20. The average molecular weight is 261 g/mol. The highest BCUT2D eigenvalue weighted by atomic mass is 32.2. The molecule has 0 aromatic rings. The van der Waals surface area contributed by atoms with Crippen LogP contribution in [0.15, 0.2) is 0 Å². The summed E-state index contributed by atoms with van der Waals surface area (Å²) in [7, 11) is 0.326. The quantitative estimate of drug-likeness (QED) is 0.607. The minimum Gasteiger partial charge on any atom is -0.344 e. The van der Waals surface area contributed by atoms with Crippen molar-refractivity contribution in [2.45, 2.75) is 6.42 Å². The number of nitrogens with zero attached hydrogens (tertiary/aromatic N) is 3. The molecule has 0 bridgehead atoms. The standard InChI is InChI=1S/C10H19N3O3S/c1-12(7-8-17(3,15)16)9-10(14)13(2)6-4-5-11/h4,6-9H2,1-3H3. The third kappa shape index (κ3) is 8.65. The molecule has 0 atom stereocenters. The molecule has 0 aliphatic carbocycles. The van der Waals surface area contributed by atoms with Crippen LogP contribution in [-0.2, 0) is 14.6 Å². The number of nitriles is 1. The summed E-state index contributed by atoms with van der Waals surface area (Å²) in [5, 5.41) is 8.39. The van der Waals surface area contributed by atoms with Gasteiger partial charge in [0, 0.05) is 26.4 Å². The van der Waals surface area contributed by atoms with Crippen molar-refractivity contribution in [2.75, 3.05) is 45.7 Å². The molecule has 7 heteroatoms. The van der Waals surface area contributed by atoms with Crippen LogP contribution in [0.3, 0.4) is 0 Å². The van der Waals surface area contributed by atoms with Crippen LogP contribution in [0.25, 0.3) is 0 Å². The van der Waals surface area contributed by atoms with Gasteiger partial charge in [0.25, 0.3) is 0 Å². The van der Waals surface area contributed by atoms with Gasteiger partial charge in [-0.05, 0) is 7.05 Å². The maximum Gasteiger partial charge on any atom is 0.236 e. The number of amides is 1. The number of likely N-dealkylation sites (N-methyl/N-ethyl adjacent to an activating group) is 2. The molecule has 0 aliphatic heterocycles. The summed E-state index contributed by atoms with van der Waals surface area (Å²) in [6, 6.07) is 1.97. The van der Waals surface area contributed by atoms with Gasteiger partial charge in [-0.3, -0.25) is 9.69 Å². The summed E-state index contributed by atoms with van der Waals surface area (Å²) < 4.78 is 21.9. The Kier molecular flexibility index (Phi) is 6.76.